The summed E-state index contributed by atoms with van der Waals surface area (Å²) in [5.74, 6) is -0.182. The third-order valence-corrected chi connectivity index (χ3v) is 2.30. The molecule has 0 aromatic carbocycles. The highest BCUT2D eigenvalue weighted by molar-refractivity contribution is 5.78. The highest BCUT2D eigenvalue weighted by Gasteiger charge is 2.25. The number of amides is 1. The molecule has 1 rings (SSSR count). The lowest BCUT2D eigenvalue weighted by atomic mass is 10.00. The Labute approximate surface area is 84.2 Å². The van der Waals surface area contributed by atoms with E-state index in [0.717, 1.165) is 12.8 Å². The van der Waals surface area contributed by atoms with E-state index in [1.807, 2.05) is 19.9 Å². The van der Waals surface area contributed by atoms with Crippen LogP contribution in [0.5, 0.6) is 0 Å². The fourth-order valence-electron chi connectivity index (χ4n) is 1.87. The van der Waals surface area contributed by atoms with Crippen LogP contribution in [0.15, 0.2) is 0 Å². The molecule has 1 aliphatic rings. The number of carbonyl (C=O) groups excluding carboxylic acids is 1. The first-order valence-corrected chi connectivity index (χ1v) is 4.93. The summed E-state index contributed by atoms with van der Waals surface area (Å²) in [4.78, 5) is 11.2. The Kier molecular flexibility index (Phi) is 3.90. The lowest BCUT2D eigenvalue weighted by Gasteiger charge is -2.32. The molecule has 1 fully saturated rings. The Hall–Kier alpha value is -1.08. The van der Waals surface area contributed by atoms with Crippen LogP contribution < -0.4 is 5.32 Å². The van der Waals surface area contributed by atoms with Gasteiger partial charge in [-0.05, 0) is 26.7 Å². The average molecular weight is 196 g/mol. The summed E-state index contributed by atoms with van der Waals surface area (Å²) in [5, 5.41) is 11.2. The van der Waals surface area contributed by atoms with E-state index < -0.39 is 0 Å². The van der Waals surface area contributed by atoms with Crippen molar-refractivity contribution < 1.29 is 9.53 Å². The summed E-state index contributed by atoms with van der Waals surface area (Å²) in [6.45, 7) is 4.00. The molecule has 1 saturated heterocycles. The molecule has 78 valence electrons. The number of hydrogen-bond acceptors (Lipinski definition) is 3. The maximum absolute atomic E-state index is 11.2. The van der Waals surface area contributed by atoms with Gasteiger partial charge in [-0.1, -0.05) is 0 Å². The van der Waals surface area contributed by atoms with Crippen LogP contribution >= 0.6 is 0 Å². The molecular formula is C10H16N2O2. The van der Waals surface area contributed by atoms with E-state index in [2.05, 4.69) is 5.32 Å². The van der Waals surface area contributed by atoms with Crippen molar-refractivity contribution in [2.24, 2.45) is 0 Å². The van der Waals surface area contributed by atoms with E-state index in [4.69, 9.17) is 10.00 Å². The Balaban J connectivity index is 2.37. The lowest BCUT2D eigenvalue weighted by molar-refractivity contribution is -0.122. The molecule has 0 aromatic rings. The number of nitrogens with one attached hydrogen (secondary N) is 1. The maximum atomic E-state index is 11.2. The van der Waals surface area contributed by atoms with Crippen molar-refractivity contribution >= 4 is 5.91 Å². The Morgan fingerprint density at radius 2 is 2.07 bits per heavy atom. The molecule has 4 heteroatoms. The van der Waals surface area contributed by atoms with Crippen LogP contribution in [-0.4, -0.2) is 24.2 Å². The van der Waals surface area contributed by atoms with Gasteiger partial charge in [0.05, 0.1) is 18.3 Å². The Morgan fingerprint density at radius 1 is 1.50 bits per heavy atom. The topological polar surface area (TPSA) is 62.1 Å². The monoisotopic (exact) mass is 196 g/mol. The SMILES string of the molecule is CC1CC(NC(=O)CC#N)CC(C)O1. The van der Waals surface area contributed by atoms with Crippen LogP contribution in [-0.2, 0) is 9.53 Å². The minimum atomic E-state index is -0.182. The number of carbonyl (C=O) groups is 1. The zero-order chi connectivity index (χ0) is 10.6. The zero-order valence-corrected chi connectivity index (χ0v) is 8.62. The summed E-state index contributed by atoms with van der Waals surface area (Å²) < 4.78 is 5.54. The molecule has 0 spiro atoms. The van der Waals surface area contributed by atoms with Crippen LogP contribution in [0.3, 0.4) is 0 Å². The van der Waals surface area contributed by atoms with Gasteiger partial charge in [0.2, 0.25) is 5.91 Å². The van der Waals surface area contributed by atoms with Gasteiger partial charge in [0, 0.05) is 6.04 Å². The van der Waals surface area contributed by atoms with Gasteiger partial charge in [0.15, 0.2) is 0 Å². The predicted molar refractivity (Wildman–Crippen MR) is 51.4 cm³/mol. The van der Waals surface area contributed by atoms with Gasteiger partial charge in [-0.3, -0.25) is 4.79 Å². The zero-order valence-electron chi connectivity index (χ0n) is 8.62. The van der Waals surface area contributed by atoms with Crippen molar-refractivity contribution in [3.63, 3.8) is 0 Å². The standard InChI is InChI=1S/C10H16N2O2/c1-7-5-9(6-8(2)14-7)12-10(13)3-4-11/h7-9H,3,5-6H2,1-2H3,(H,12,13). The molecule has 4 nitrogen and oxygen atoms in total. The van der Waals surface area contributed by atoms with Crippen LogP contribution in [0.25, 0.3) is 0 Å². The summed E-state index contributed by atoms with van der Waals surface area (Å²) >= 11 is 0. The largest absolute Gasteiger partial charge is 0.375 e. The molecule has 2 unspecified atom stereocenters. The van der Waals surface area contributed by atoms with E-state index >= 15 is 0 Å². The molecule has 1 heterocycles. The molecule has 1 amide bonds. The highest BCUT2D eigenvalue weighted by Crippen LogP contribution is 2.18. The van der Waals surface area contributed by atoms with Crippen molar-refractivity contribution in [1.29, 1.82) is 5.26 Å². The molecule has 2 atom stereocenters. The summed E-state index contributed by atoms with van der Waals surface area (Å²) in [5.41, 5.74) is 0. The predicted octanol–water partition coefficient (Wildman–Crippen LogP) is 0.972. The summed E-state index contributed by atoms with van der Waals surface area (Å²) in [6, 6.07) is 2.00. The Bertz CT molecular complexity index is 237. The van der Waals surface area contributed by atoms with Gasteiger partial charge < -0.3 is 10.1 Å². The first-order chi connectivity index (χ1) is 6.61. The van der Waals surface area contributed by atoms with Gasteiger partial charge >= 0.3 is 0 Å². The average Bonchev–Trinajstić information content (AvgIpc) is 2.01. The van der Waals surface area contributed by atoms with Crippen molar-refractivity contribution in [2.45, 2.75) is 51.4 Å². The normalized spacial score (nSPS) is 31.9. The fourth-order valence-corrected chi connectivity index (χ4v) is 1.87. The van der Waals surface area contributed by atoms with Gasteiger partial charge in [-0.2, -0.15) is 5.26 Å². The van der Waals surface area contributed by atoms with Gasteiger partial charge in [0.1, 0.15) is 6.42 Å². The molecule has 0 aliphatic carbocycles. The molecule has 0 aromatic heterocycles. The minimum Gasteiger partial charge on any atom is -0.375 e. The van der Waals surface area contributed by atoms with Crippen molar-refractivity contribution in [1.82, 2.24) is 5.32 Å². The Morgan fingerprint density at radius 3 is 2.57 bits per heavy atom. The third kappa shape index (κ3) is 3.35. The second-order valence-corrected chi connectivity index (χ2v) is 3.83. The second-order valence-electron chi connectivity index (χ2n) is 3.83. The maximum Gasteiger partial charge on any atom is 0.234 e. The quantitative estimate of drug-likeness (QED) is 0.715. The van der Waals surface area contributed by atoms with E-state index in [0.29, 0.717) is 0 Å². The number of nitrogens with zero attached hydrogens (tertiary/aromatic N) is 1. The van der Waals surface area contributed by atoms with E-state index in [9.17, 15) is 4.79 Å². The van der Waals surface area contributed by atoms with Gasteiger partial charge in [0.25, 0.3) is 0 Å². The van der Waals surface area contributed by atoms with Crippen molar-refractivity contribution in [2.75, 3.05) is 0 Å². The van der Waals surface area contributed by atoms with Crippen molar-refractivity contribution in [3.05, 3.63) is 0 Å². The minimum absolute atomic E-state index is 0.0554. The van der Waals surface area contributed by atoms with E-state index in [1.54, 1.807) is 0 Å². The van der Waals surface area contributed by atoms with Crippen LogP contribution in [0.4, 0.5) is 0 Å². The molecule has 1 aliphatic heterocycles. The second kappa shape index (κ2) is 4.97. The highest BCUT2D eigenvalue weighted by atomic mass is 16.5. The third-order valence-electron chi connectivity index (χ3n) is 2.30. The number of rotatable bonds is 2. The molecule has 0 radical (unpaired) electrons. The first kappa shape index (κ1) is 11.0. The van der Waals surface area contributed by atoms with Crippen LogP contribution in [0.1, 0.15) is 33.1 Å². The number of nitriles is 1. The van der Waals surface area contributed by atoms with E-state index in [-0.39, 0.29) is 30.6 Å². The number of hydrogen-bond donors (Lipinski definition) is 1. The number of ether oxygens (including phenoxy) is 1. The van der Waals surface area contributed by atoms with Crippen LogP contribution in [0.2, 0.25) is 0 Å². The smallest absolute Gasteiger partial charge is 0.234 e. The molecule has 14 heavy (non-hydrogen) atoms. The summed E-state index contributed by atoms with van der Waals surface area (Å²) in [7, 11) is 0. The molecular weight excluding hydrogens is 180 g/mol. The summed E-state index contributed by atoms with van der Waals surface area (Å²) in [6.07, 6.45) is 1.99. The molecule has 0 saturated carbocycles. The molecule has 1 N–H and O–H groups in total. The van der Waals surface area contributed by atoms with Gasteiger partial charge in [-0.25, -0.2) is 0 Å². The van der Waals surface area contributed by atoms with Gasteiger partial charge in [-0.15, -0.1) is 0 Å². The fraction of sp³-hybridized carbons (Fsp3) is 0.800. The lowest BCUT2D eigenvalue weighted by Crippen LogP contribution is -2.43. The molecule has 0 bridgehead atoms. The van der Waals surface area contributed by atoms with Crippen LogP contribution in [0, 0.1) is 11.3 Å². The van der Waals surface area contributed by atoms with Crippen molar-refractivity contribution in [3.8, 4) is 6.07 Å². The first-order valence-electron chi connectivity index (χ1n) is 4.93. The van der Waals surface area contributed by atoms with E-state index in [1.165, 1.54) is 0 Å².